The van der Waals surface area contributed by atoms with Crippen LogP contribution in [0.4, 0.5) is 16.2 Å². The lowest BCUT2D eigenvalue weighted by molar-refractivity contribution is -0.143. The number of urea groups is 1. The number of anilines is 2. The summed E-state index contributed by atoms with van der Waals surface area (Å²) < 4.78 is 0. The molecule has 31 heavy (non-hydrogen) atoms. The second kappa shape index (κ2) is 10.4. The maximum atomic E-state index is 12.9. The average molecular weight is 434 g/mol. The van der Waals surface area contributed by atoms with Crippen LogP contribution in [0.1, 0.15) is 33.1 Å². The van der Waals surface area contributed by atoms with Crippen molar-refractivity contribution in [3.8, 4) is 0 Å². The van der Waals surface area contributed by atoms with E-state index >= 15 is 0 Å². The topological polar surface area (TPSA) is 165 Å². The second-order valence-electron chi connectivity index (χ2n) is 7.30. The Balaban J connectivity index is 2.18. The van der Waals surface area contributed by atoms with Crippen LogP contribution in [0, 0.1) is 5.92 Å². The number of carboxylic acid groups (broad SMARTS) is 2. The first kappa shape index (κ1) is 23.6. The van der Waals surface area contributed by atoms with Gasteiger partial charge < -0.3 is 26.2 Å². The number of aliphatic carboxylic acids is 2. The minimum absolute atomic E-state index is 0.242. The van der Waals surface area contributed by atoms with Crippen LogP contribution in [0.2, 0.25) is 0 Å². The molecule has 0 unspecified atom stereocenters. The van der Waals surface area contributed by atoms with Gasteiger partial charge in [-0.15, -0.1) is 0 Å². The van der Waals surface area contributed by atoms with Crippen molar-refractivity contribution in [2.75, 3.05) is 16.8 Å². The third kappa shape index (κ3) is 6.17. The molecular weight excluding hydrogens is 408 g/mol. The van der Waals surface area contributed by atoms with Crippen LogP contribution in [-0.2, 0) is 19.2 Å². The fourth-order valence-corrected chi connectivity index (χ4v) is 3.11. The number of nitrogens with zero attached hydrogens (tertiary/aromatic N) is 1. The van der Waals surface area contributed by atoms with Gasteiger partial charge in [0.25, 0.3) is 0 Å². The first-order valence-corrected chi connectivity index (χ1v) is 9.85. The first-order valence-electron chi connectivity index (χ1n) is 9.85. The number of carbonyl (C=O) groups is 5. The number of amides is 4. The Morgan fingerprint density at radius 2 is 1.84 bits per heavy atom. The van der Waals surface area contributed by atoms with Gasteiger partial charge in [-0.1, -0.05) is 32.4 Å². The Labute approximate surface area is 178 Å². The van der Waals surface area contributed by atoms with E-state index in [0.29, 0.717) is 17.8 Å². The van der Waals surface area contributed by atoms with Gasteiger partial charge in [0.1, 0.15) is 18.6 Å². The molecular formula is C20H26N4O7. The number of carbonyl (C=O) groups excluding carboxylic acids is 3. The number of benzene rings is 1. The quantitative estimate of drug-likeness (QED) is 0.387. The molecule has 1 aromatic carbocycles. The Kier molecular flexibility index (Phi) is 7.94. The van der Waals surface area contributed by atoms with Crippen molar-refractivity contribution in [1.29, 1.82) is 0 Å². The Morgan fingerprint density at radius 3 is 2.45 bits per heavy atom. The number of hydrogen-bond acceptors (Lipinski definition) is 5. The molecule has 168 valence electrons. The molecule has 1 aliphatic rings. The summed E-state index contributed by atoms with van der Waals surface area (Å²) in [5, 5.41) is 25.6. The summed E-state index contributed by atoms with van der Waals surface area (Å²) in [4.78, 5) is 61.1. The van der Waals surface area contributed by atoms with Crippen LogP contribution in [-0.4, -0.2) is 58.6 Å². The van der Waals surface area contributed by atoms with Crippen LogP contribution in [0.5, 0.6) is 0 Å². The summed E-state index contributed by atoms with van der Waals surface area (Å²) in [6, 6.07) is 3.54. The number of carboxylic acids is 2. The lowest BCUT2D eigenvalue weighted by Crippen LogP contribution is -2.57. The first-order chi connectivity index (χ1) is 14.6. The van der Waals surface area contributed by atoms with Gasteiger partial charge in [-0.05, 0) is 24.5 Å². The van der Waals surface area contributed by atoms with Gasteiger partial charge in [0.2, 0.25) is 11.8 Å². The van der Waals surface area contributed by atoms with Crippen molar-refractivity contribution < 1.29 is 34.2 Å². The van der Waals surface area contributed by atoms with E-state index in [2.05, 4.69) is 16.0 Å². The summed E-state index contributed by atoms with van der Waals surface area (Å²) in [6.45, 7) is 3.28. The molecule has 0 radical (unpaired) electrons. The molecule has 1 heterocycles. The van der Waals surface area contributed by atoms with Crippen molar-refractivity contribution in [1.82, 2.24) is 10.6 Å². The van der Waals surface area contributed by atoms with E-state index in [1.807, 2.05) is 0 Å². The Bertz CT molecular complexity index is 873. The fraction of sp³-hybridized carbons (Fsp3) is 0.450. The lowest BCUT2D eigenvalue weighted by Gasteiger charge is -2.32. The molecule has 2 rings (SSSR count). The maximum absolute atomic E-state index is 12.9. The highest BCUT2D eigenvalue weighted by atomic mass is 16.4. The van der Waals surface area contributed by atoms with Gasteiger partial charge in [0.05, 0.1) is 11.4 Å². The third-order valence-corrected chi connectivity index (χ3v) is 5.05. The molecule has 1 aliphatic heterocycles. The molecule has 0 spiro atoms. The summed E-state index contributed by atoms with van der Waals surface area (Å²) in [5.41, 5.74) is 0.922. The summed E-state index contributed by atoms with van der Waals surface area (Å²) >= 11 is 0. The number of hydrogen-bond donors (Lipinski definition) is 5. The molecule has 11 heteroatoms. The molecule has 0 saturated carbocycles. The Morgan fingerprint density at radius 1 is 1.16 bits per heavy atom. The van der Waals surface area contributed by atoms with Gasteiger partial charge in [-0.3, -0.25) is 19.3 Å². The molecule has 0 saturated heterocycles. The summed E-state index contributed by atoms with van der Waals surface area (Å²) in [5.74, 6) is -4.04. The van der Waals surface area contributed by atoms with E-state index in [1.165, 1.54) is 4.90 Å². The van der Waals surface area contributed by atoms with Crippen molar-refractivity contribution in [2.24, 2.45) is 5.92 Å². The predicted octanol–water partition coefficient (Wildman–Crippen LogP) is 1.00. The third-order valence-electron chi connectivity index (χ3n) is 5.05. The minimum atomic E-state index is -1.41. The summed E-state index contributed by atoms with van der Waals surface area (Å²) in [6.07, 6.45) is -0.225. The average Bonchev–Trinajstić information content (AvgIpc) is 2.72. The van der Waals surface area contributed by atoms with Crippen LogP contribution in [0.25, 0.3) is 0 Å². The van der Waals surface area contributed by atoms with Gasteiger partial charge >= 0.3 is 18.0 Å². The van der Waals surface area contributed by atoms with Crippen molar-refractivity contribution in [3.05, 3.63) is 24.3 Å². The van der Waals surface area contributed by atoms with E-state index < -0.39 is 48.3 Å². The number of para-hydroxylation sites is 2. The second-order valence-corrected chi connectivity index (χ2v) is 7.30. The van der Waals surface area contributed by atoms with E-state index in [4.69, 9.17) is 5.11 Å². The van der Waals surface area contributed by atoms with E-state index in [0.717, 1.165) is 0 Å². The van der Waals surface area contributed by atoms with Crippen LogP contribution in [0.15, 0.2) is 24.3 Å². The van der Waals surface area contributed by atoms with E-state index in [-0.39, 0.29) is 18.9 Å². The SMILES string of the molecule is CC[C@@H](C)[C@H](NC(=O)N1CC(=O)Nc2ccccc21)C(=O)N[C@@H](CCC(=O)O)C(=O)O. The van der Waals surface area contributed by atoms with Crippen LogP contribution < -0.4 is 20.9 Å². The van der Waals surface area contributed by atoms with Gasteiger partial charge in [0, 0.05) is 6.42 Å². The van der Waals surface area contributed by atoms with Crippen LogP contribution >= 0.6 is 0 Å². The van der Waals surface area contributed by atoms with Crippen molar-refractivity contribution in [3.63, 3.8) is 0 Å². The zero-order chi connectivity index (χ0) is 23.1. The molecule has 1 aromatic rings. The van der Waals surface area contributed by atoms with Crippen molar-refractivity contribution >= 4 is 41.2 Å². The number of nitrogens with one attached hydrogen (secondary N) is 3. The molecule has 0 aromatic heterocycles. The van der Waals surface area contributed by atoms with Gasteiger partial charge in [-0.2, -0.15) is 0 Å². The van der Waals surface area contributed by atoms with Crippen LogP contribution in [0.3, 0.4) is 0 Å². The molecule has 0 bridgehead atoms. The molecule has 3 atom stereocenters. The smallest absolute Gasteiger partial charge is 0.326 e. The fourth-order valence-electron chi connectivity index (χ4n) is 3.11. The van der Waals surface area contributed by atoms with Gasteiger partial charge in [-0.25, -0.2) is 9.59 Å². The maximum Gasteiger partial charge on any atom is 0.326 e. The zero-order valence-corrected chi connectivity index (χ0v) is 17.3. The largest absolute Gasteiger partial charge is 0.481 e. The number of rotatable bonds is 9. The molecule has 0 fully saturated rings. The monoisotopic (exact) mass is 434 g/mol. The minimum Gasteiger partial charge on any atom is -0.481 e. The summed E-state index contributed by atoms with van der Waals surface area (Å²) in [7, 11) is 0. The predicted molar refractivity (Wildman–Crippen MR) is 111 cm³/mol. The number of fused-ring (bicyclic) bond motifs is 1. The molecule has 11 nitrogen and oxygen atoms in total. The van der Waals surface area contributed by atoms with Crippen molar-refractivity contribution in [2.45, 2.75) is 45.2 Å². The standard InChI is InChI=1S/C20H26N4O7/c1-3-11(2)17(18(28)22-13(19(29)30)8-9-16(26)27)23-20(31)24-10-15(25)21-12-6-4-5-7-14(12)24/h4-7,11,13,17H,3,8-10H2,1-2H3,(H,21,25)(H,22,28)(H,23,31)(H,26,27)(H,29,30)/t11-,13+,17+/m1/s1. The highest BCUT2D eigenvalue weighted by Crippen LogP contribution is 2.29. The molecule has 4 amide bonds. The lowest BCUT2D eigenvalue weighted by atomic mass is 9.97. The highest BCUT2D eigenvalue weighted by Gasteiger charge is 2.33. The van der Waals surface area contributed by atoms with E-state index in [9.17, 15) is 29.1 Å². The van der Waals surface area contributed by atoms with E-state index in [1.54, 1.807) is 38.1 Å². The highest BCUT2D eigenvalue weighted by molar-refractivity contribution is 6.10. The van der Waals surface area contributed by atoms with Gasteiger partial charge in [0.15, 0.2) is 0 Å². The Hall–Kier alpha value is -3.63. The zero-order valence-electron chi connectivity index (χ0n) is 17.3. The molecule has 0 aliphatic carbocycles. The molecule has 5 N–H and O–H groups in total. The normalized spacial score (nSPS) is 15.7.